The van der Waals surface area contributed by atoms with E-state index in [2.05, 4.69) is 26.6 Å². The summed E-state index contributed by atoms with van der Waals surface area (Å²) in [6.45, 7) is 3.54. The molecule has 2 aromatic carbocycles. The van der Waals surface area contributed by atoms with E-state index >= 15 is 0 Å². The van der Waals surface area contributed by atoms with Crippen LogP contribution in [-0.4, -0.2) is 31.0 Å². The van der Waals surface area contributed by atoms with E-state index in [1.54, 1.807) is 0 Å². The second-order valence-corrected chi connectivity index (χ2v) is 6.73. The number of carbonyl (C=O) groups is 2. The zero-order valence-electron chi connectivity index (χ0n) is 14.2. The second-order valence-electron chi connectivity index (χ2n) is 5.82. The molecule has 2 N–H and O–H groups in total. The van der Waals surface area contributed by atoms with Crippen LogP contribution in [-0.2, 0) is 9.59 Å². The highest BCUT2D eigenvalue weighted by molar-refractivity contribution is 9.10. The van der Waals surface area contributed by atoms with E-state index in [0.717, 1.165) is 15.6 Å². The van der Waals surface area contributed by atoms with E-state index in [-0.39, 0.29) is 31.0 Å². The molecule has 0 spiro atoms. The van der Waals surface area contributed by atoms with Gasteiger partial charge in [-0.25, -0.2) is 0 Å². The Bertz CT molecular complexity index is 712. The van der Waals surface area contributed by atoms with Gasteiger partial charge in [-0.05, 0) is 49.2 Å². The molecule has 0 aromatic heterocycles. The first-order chi connectivity index (χ1) is 11.9. The van der Waals surface area contributed by atoms with Crippen LogP contribution in [0.4, 0.5) is 0 Å². The Kier molecular flexibility index (Phi) is 7.01. The Hall–Kier alpha value is -2.34. The highest BCUT2D eigenvalue weighted by atomic mass is 79.9. The number of benzene rings is 2. The third kappa shape index (κ3) is 6.58. The minimum Gasteiger partial charge on any atom is -0.484 e. The van der Waals surface area contributed by atoms with Gasteiger partial charge in [-0.3, -0.25) is 9.59 Å². The van der Waals surface area contributed by atoms with Crippen molar-refractivity contribution >= 4 is 27.7 Å². The van der Waals surface area contributed by atoms with Gasteiger partial charge in [0.05, 0.1) is 6.54 Å². The van der Waals surface area contributed by atoms with Crippen molar-refractivity contribution in [2.24, 2.45) is 0 Å². The number of rotatable bonds is 7. The van der Waals surface area contributed by atoms with Crippen LogP contribution < -0.4 is 15.4 Å². The van der Waals surface area contributed by atoms with Crippen molar-refractivity contribution < 1.29 is 14.3 Å². The SMILES string of the molecule is CC(C)NC(=O)CNC(=O)COc1ccc(-c2ccc(Br)cc2)cc1. The third-order valence-electron chi connectivity index (χ3n) is 3.30. The molecule has 0 atom stereocenters. The summed E-state index contributed by atoms with van der Waals surface area (Å²) in [4.78, 5) is 23.2. The molecule has 0 saturated heterocycles. The van der Waals surface area contributed by atoms with Crippen molar-refractivity contribution in [1.82, 2.24) is 10.6 Å². The van der Waals surface area contributed by atoms with Crippen LogP contribution in [0.15, 0.2) is 53.0 Å². The van der Waals surface area contributed by atoms with Gasteiger partial charge in [-0.15, -0.1) is 0 Å². The van der Waals surface area contributed by atoms with Gasteiger partial charge in [-0.1, -0.05) is 40.2 Å². The van der Waals surface area contributed by atoms with Crippen LogP contribution >= 0.6 is 15.9 Å². The lowest BCUT2D eigenvalue weighted by Crippen LogP contribution is -2.41. The number of nitrogens with one attached hydrogen (secondary N) is 2. The number of carbonyl (C=O) groups excluding carboxylic acids is 2. The fraction of sp³-hybridized carbons (Fsp3) is 0.263. The summed E-state index contributed by atoms with van der Waals surface area (Å²) in [6.07, 6.45) is 0. The van der Waals surface area contributed by atoms with Crippen molar-refractivity contribution in [3.05, 3.63) is 53.0 Å². The summed E-state index contributed by atoms with van der Waals surface area (Å²) in [5, 5.41) is 5.22. The normalized spacial score (nSPS) is 10.4. The molecule has 132 valence electrons. The average molecular weight is 405 g/mol. The van der Waals surface area contributed by atoms with Crippen LogP contribution in [0.3, 0.4) is 0 Å². The molecule has 0 unspecified atom stereocenters. The summed E-state index contributed by atoms with van der Waals surface area (Å²) in [7, 11) is 0. The fourth-order valence-corrected chi connectivity index (χ4v) is 2.40. The van der Waals surface area contributed by atoms with Gasteiger partial charge in [-0.2, -0.15) is 0 Å². The van der Waals surface area contributed by atoms with Gasteiger partial charge < -0.3 is 15.4 Å². The molecule has 0 aliphatic rings. The van der Waals surface area contributed by atoms with E-state index in [4.69, 9.17) is 4.74 Å². The topological polar surface area (TPSA) is 67.4 Å². The number of halogens is 1. The van der Waals surface area contributed by atoms with E-state index in [1.807, 2.05) is 62.4 Å². The van der Waals surface area contributed by atoms with Gasteiger partial charge in [0.25, 0.3) is 5.91 Å². The Morgan fingerprint density at radius 3 is 2.08 bits per heavy atom. The van der Waals surface area contributed by atoms with Crippen molar-refractivity contribution in [3.63, 3.8) is 0 Å². The first-order valence-electron chi connectivity index (χ1n) is 7.99. The standard InChI is InChI=1S/C19H21BrN2O3/c1-13(2)22-18(23)11-21-19(24)12-25-17-9-5-15(6-10-17)14-3-7-16(20)8-4-14/h3-10,13H,11-12H2,1-2H3,(H,21,24)(H,22,23). The van der Waals surface area contributed by atoms with E-state index in [0.29, 0.717) is 5.75 Å². The van der Waals surface area contributed by atoms with Crippen molar-refractivity contribution in [2.45, 2.75) is 19.9 Å². The molecule has 2 rings (SSSR count). The van der Waals surface area contributed by atoms with Crippen LogP contribution in [0.2, 0.25) is 0 Å². The Balaban J connectivity index is 1.80. The van der Waals surface area contributed by atoms with Crippen LogP contribution in [0, 0.1) is 0 Å². The molecule has 0 aliphatic heterocycles. The molecular weight excluding hydrogens is 384 g/mol. The molecule has 2 aromatic rings. The molecular formula is C19H21BrN2O3. The van der Waals surface area contributed by atoms with E-state index < -0.39 is 0 Å². The van der Waals surface area contributed by atoms with Crippen LogP contribution in [0.5, 0.6) is 5.75 Å². The molecule has 6 heteroatoms. The van der Waals surface area contributed by atoms with Crippen molar-refractivity contribution in [1.29, 1.82) is 0 Å². The zero-order valence-corrected chi connectivity index (χ0v) is 15.8. The lowest BCUT2D eigenvalue weighted by atomic mass is 10.1. The lowest BCUT2D eigenvalue weighted by Gasteiger charge is -2.10. The fourth-order valence-electron chi connectivity index (χ4n) is 2.14. The van der Waals surface area contributed by atoms with Gasteiger partial charge >= 0.3 is 0 Å². The number of hydrogen-bond donors (Lipinski definition) is 2. The summed E-state index contributed by atoms with van der Waals surface area (Å²) in [5.74, 6) is 0.0423. The molecule has 25 heavy (non-hydrogen) atoms. The van der Waals surface area contributed by atoms with Crippen LogP contribution in [0.1, 0.15) is 13.8 Å². The van der Waals surface area contributed by atoms with Crippen LogP contribution in [0.25, 0.3) is 11.1 Å². The maximum absolute atomic E-state index is 11.7. The number of ether oxygens (including phenoxy) is 1. The van der Waals surface area contributed by atoms with E-state index in [9.17, 15) is 9.59 Å². The van der Waals surface area contributed by atoms with Gasteiger partial charge in [0.15, 0.2) is 6.61 Å². The maximum atomic E-state index is 11.7. The first-order valence-corrected chi connectivity index (χ1v) is 8.78. The highest BCUT2D eigenvalue weighted by Crippen LogP contribution is 2.24. The summed E-state index contributed by atoms with van der Waals surface area (Å²) in [6, 6.07) is 15.6. The molecule has 2 amide bonds. The van der Waals surface area contributed by atoms with Crippen molar-refractivity contribution in [2.75, 3.05) is 13.2 Å². The highest BCUT2D eigenvalue weighted by Gasteiger charge is 2.07. The largest absolute Gasteiger partial charge is 0.484 e. The molecule has 5 nitrogen and oxygen atoms in total. The van der Waals surface area contributed by atoms with Crippen molar-refractivity contribution in [3.8, 4) is 16.9 Å². The smallest absolute Gasteiger partial charge is 0.258 e. The third-order valence-corrected chi connectivity index (χ3v) is 3.83. The molecule has 0 saturated carbocycles. The predicted molar refractivity (Wildman–Crippen MR) is 101 cm³/mol. The maximum Gasteiger partial charge on any atom is 0.258 e. The predicted octanol–water partition coefficient (Wildman–Crippen LogP) is 3.14. The second kappa shape index (κ2) is 9.22. The quantitative estimate of drug-likeness (QED) is 0.744. The molecule has 0 aliphatic carbocycles. The van der Waals surface area contributed by atoms with E-state index in [1.165, 1.54) is 0 Å². The number of amides is 2. The number of hydrogen-bond acceptors (Lipinski definition) is 3. The molecule has 0 heterocycles. The Labute approximate surface area is 155 Å². The lowest BCUT2D eigenvalue weighted by molar-refractivity contribution is -0.127. The Morgan fingerprint density at radius 2 is 1.52 bits per heavy atom. The monoisotopic (exact) mass is 404 g/mol. The zero-order chi connectivity index (χ0) is 18.2. The van der Waals surface area contributed by atoms with Gasteiger partial charge in [0, 0.05) is 10.5 Å². The summed E-state index contributed by atoms with van der Waals surface area (Å²) < 4.78 is 6.47. The molecule has 0 radical (unpaired) electrons. The minimum absolute atomic E-state index is 0.0462. The molecule has 0 bridgehead atoms. The Morgan fingerprint density at radius 1 is 0.960 bits per heavy atom. The van der Waals surface area contributed by atoms with Gasteiger partial charge in [0.2, 0.25) is 5.91 Å². The molecule has 0 fully saturated rings. The first kappa shape index (κ1) is 19.0. The summed E-state index contributed by atoms with van der Waals surface area (Å²) in [5.41, 5.74) is 2.17. The average Bonchev–Trinajstić information content (AvgIpc) is 2.59. The van der Waals surface area contributed by atoms with Gasteiger partial charge in [0.1, 0.15) is 5.75 Å². The summed E-state index contributed by atoms with van der Waals surface area (Å²) >= 11 is 3.41. The minimum atomic E-state index is -0.337.